The van der Waals surface area contributed by atoms with Crippen molar-refractivity contribution in [1.29, 1.82) is 0 Å². The number of sulfonamides is 1. The van der Waals surface area contributed by atoms with Gasteiger partial charge in [0.2, 0.25) is 10.0 Å². The Morgan fingerprint density at radius 1 is 1.04 bits per heavy atom. The van der Waals surface area contributed by atoms with Gasteiger partial charge in [0.25, 0.3) is 0 Å². The lowest BCUT2D eigenvalue weighted by Gasteiger charge is -2.28. The summed E-state index contributed by atoms with van der Waals surface area (Å²) in [5, 5.41) is 0. The van der Waals surface area contributed by atoms with E-state index in [2.05, 4.69) is 33.9 Å². The molecule has 0 bridgehead atoms. The zero-order chi connectivity index (χ0) is 18.0. The van der Waals surface area contributed by atoms with E-state index in [4.69, 9.17) is 4.74 Å². The Morgan fingerprint density at radius 2 is 1.85 bits per heavy atom. The fourth-order valence-electron chi connectivity index (χ4n) is 3.67. The summed E-state index contributed by atoms with van der Waals surface area (Å²) in [6.45, 7) is 3.97. The van der Waals surface area contributed by atoms with E-state index in [1.165, 1.54) is 11.1 Å². The summed E-state index contributed by atoms with van der Waals surface area (Å²) in [6.07, 6.45) is 2.64. The lowest BCUT2D eigenvalue weighted by atomic mass is 10.00. The summed E-state index contributed by atoms with van der Waals surface area (Å²) in [6, 6.07) is 13.7. The van der Waals surface area contributed by atoms with Gasteiger partial charge < -0.3 is 4.74 Å². The lowest BCUT2D eigenvalue weighted by Crippen LogP contribution is -2.33. The van der Waals surface area contributed by atoms with Crippen LogP contribution in [0.3, 0.4) is 0 Å². The molecule has 1 N–H and O–H groups in total. The van der Waals surface area contributed by atoms with Crippen LogP contribution in [0.2, 0.25) is 0 Å². The predicted octanol–water partition coefficient (Wildman–Crippen LogP) is 2.77. The second-order valence-corrected chi connectivity index (χ2v) is 8.68. The molecular weight excluding hydrogens is 384 g/mol. The summed E-state index contributed by atoms with van der Waals surface area (Å²) in [7, 11) is -3.46. The van der Waals surface area contributed by atoms with Crippen LogP contribution in [0, 0.1) is 0 Å². The van der Waals surface area contributed by atoms with E-state index < -0.39 is 10.0 Å². The van der Waals surface area contributed by atoms with Crippen LogP contribution in [-0.2, 0) is 29.4 Å². The Kier molecular flexibility index (Phi) is 6.42. The molecule has 0 unspecified atom stereocenters. The highest BCUT2D eigenvalue weighted by Crippen LogP contribution is 2.27. The maximum atomic E-state index is 12.5. The smallest absolute Gasteiger partial charge is 0.240 e. The summed E-state index contributed by atoms with van der Waals surface area (Å²) < 4.78 is 33.1. The third-order valence-electron chi connectivity index (χ3n) is 5.12. The molecule has 2 aliphatic rings. The number of halogens is 1. The van der Waals surface area contributed by atoms with Crippen molar-refractivity contribution in [3.05, 3.63) is 59.2 Å². The molecular formula is C20H25ClN2O3S. The molecule has 2 aromatic carbocycles. The van der Waals surface area contributed by atoms with Crippen LogP contribution in [0.25, 0.3) is 0 Å². The van der Waals surface area contributed by atoms with Crippen molar-refractivity contribution in [2.24, 2.45) is 0 Å². The first kappa shape index (κ1) is 20.1. The molecule has 5 nitrogen and oxygen atoms in total. The first-order valence-corrected chi connectivity index (χ1v) is 10.6. The second-order valence-electron chi connectivity index (χ2n) is 6.91. The number of nitrogens with one attached hydrogen (secondary N) is 1. The first-order valence-electron chi connectivity index (χ1n) is 9.16. The lowest BCUT2D eigenvalue weighted by molar-refractivity contribution is 0.251. The van der Waals surface area contributed by atoms with E-state index in [0.717, 1.165) is 50.2 Å². The van der Waals surface area contributed by atoms with Gasteiger partial charge in [-0.05, 0) is 54.3 Å². The van der Waals surface area contributed by atoms with E-state index in [1.54, 1.807) is 18.2 Å². The van der Waals surface area contributed by atoms with Gasteiger partial charge in [-0.25, -0.2) is 13.1 Å². The summed E-state index contributed by atoms with van der Waals surface area (Å²) >= 11 is 0. The van der Waals surface area contributed by atoms with Gasteiger partial charge in [-0.2, -0.15) is 0 Å². The number of hydrogen-bond acceptors (Lipinski definition) is 4. The maximum absolute atomic E-state index is 12.5. The third kappa shape index (κ3) is 4.63. The minimum Gasteiger partial charge on any atom is -0.493 e. The molecule has 7 heteroatoms. The average molecular weight is 409 g/mol. The Morgan fingerprint density at radius 3 is 2.70 bits per heavy atom. The number of hydrogen-bond donors (Lipinski definition) is 1. The molecule has 0 amide bonds. The number of nitrogens with zero attached hydrogens (tertiary/aromatic N) is 1. The number of rotatable bonds is 6. The van der Waals surface area contributed by atoms with E-state index in [-0.39, 0.29) is 12.4 Å². The second kappa shape index (κ2) is 8.61. The Hall–Kier alpha value is -1.60. The molecule has 0 aliphatic carbocycles. The Balaban J connectivity index is 0.00000210. The number of ether oxygens (including phenoxy) is 1. The summed E-state index contributed by atoms with van der Waals surface area (Å²) in [4.78, 5) is 2.72. The minimum atomic E-state index is -3.46. The zero-order valence-corrected chi connectivity index (χ0v) is 16.8. The summed E-state index contributed by atoms with van der Waals surface area (Å²) in [5.74, 6) is 0.800. The molecule has 0 saturated carbocycles. The molecule has 0 saturated heterocycles. The summed E-state index contributed by atoms with van der Waals surface area (Å²) in [5.41, 5.74) is 3.80. The van der Waals surface area contributed by atoms with Crippen molar-refractivity contribution in [3.8, 4) is 5.75 Å². The average Bonchev–Trinajstić information content (AvgIpc) is 3.13. The molecule has 0 aromatic heterocycles. The molecule has 0 spiro atoms. The van der Waals surface area contributed by atoms with Crippen molar-refractivity contribution in [2.75, 3.05) is 26.2 Å². The van der Waals surface area contributed by atoms with Crippen LogP contribution in [0.5, 0.6) is 5.75 Å². The molecule has 146 valence electrons. The third-order valence-corrected chi connectivity index (χ3v) is 6.58. The fraction of sp³-hybridized carbons (Fsp3) is 0.400. The highest BCUT2D eigenvalue weighted by molar-refractivity contribution is 7.89. The molecule has 2 heterocycles. The quantitative estimate of drug-likeness (QED) is 0.747. The number of fused-ring (bicyclic) bond motifs is 2. The van der Waals surface area contributed by atoms with Gasteiger partial charge in [-0.3, -0.25) is 4.90 Å². The van der Waals surface area contributed by atoms with Gasteiger partial charge in [0.15, 0.2) is 0 Å². The molecule has 0 atom stereocenters. The molecule has 0 fully saturated rings. The van der Waals surface area contributed by atoms with Gasteiger partial charge in [-0.1, -0.05) is 24.3 Å². The van der Waals surface area contributed by atoms with Crippen LogP contribution in [0.15, 0.2) is 47.4 Å². The van der Waals surface area contributed by atoms with Crippen LogP contribution < -0.4 is 9.46 Å². The molecule has 2 aromatic rings. The monoisotopic (exact) mass is 408 g/mol. The fourth-order valence-corrected chi connectivity index (χ4v) is 4.79. The normalized spacial score (nSPS) is 16.1. The van der Waals surface area contributed by atoms with Crippen LogP contribution in [-0.4, -0.2) is 39.6 Å². The highest BCUT2D eigenvalue weighted by Gasteiger charge is 2.19. The standard InChI is InChI=1S/C20H24N2O3S.ClH/c23-26(24,19-6-7-20-17(14-19)9-13-25-20)21-10-3-11-22-12-8-16-4-1-2-5-18(16)15-22;/h1-2,4-7,14,21H,3,8-13,15H2;1H. The van der Waals surface area contributed by atoms with Crippen molar-refractivity contribution in [2.45, 2.75) is 30.7 Å². The van der Waals surface area contributed by atoms with Crippen molar-refractivity contribution < 1.29 is 13.2 Å². The van der Waals surface area contributed by atoms with Crippen LogP contribution in [0.4, 0.5) is 0 Å². The van der Waals surface area contributed by atoms with Crippen molar-refractivity contribution in [3.63, 3.8) is 0 Å². The predicted molar refractivity (Wildman–Crippen MR) is 108 cm³/mol. The molecule has 4 rings (SSSR count). The van der Waals surface area contributed by atoms with Gasteiger partial charge in [-0.15, -0.1) is 12.4 Å². The Bertz CT molecular complexity index is 902. The number of benzene rings is 2. The minimum absolute atomic E-state index is 0. The first-order chi connectivity index (χ1) is 12.6. The van der Waals surface area contributed by atoms with E-state index in [0.29, 0.717) is 18.0 Å². The zero-order valence-electron chi connectivity index (χ0n) is 15.2. The SMILES string of the molecule is Cl.O=S(=O)(NCCCN1CCc2ccccc2C1)c1ccc2c(c1)CCO2. The van der Waals surface area contributed by atoms with Crippen LogP contribution >= 0.6 is 12.4 Å². The molecule has 2 aliphatic heterocycles. The Labute approximate surface area is 167 Å². The van der Waals surface area contributed by atoms with E-state index >= 15 is 0 Å². The van der Waals surface area contributed by atoms with E-state index in [1.807, 2.05) is 0 Å². The van der Waals surface area contributed by atoms with Gasteiger partial charge in [0, 0.05) is 26.1 Å². The van der Waals surface area contributed by atoms with Gasteiger partial charge >= 0.3 is 0 Å². The molecule has 27 heavy (non-hydrogen) atoms. The largest absolute Gasteiger partial charge is 0.493 e. The van der Waals surface area contributed by atoms with Crippen LogP contribution in [0.1, 0.15) is 23.1 Å². The van der Waals surface area contributed by atoms with E-state index in [9.17, 15) is 8.42 Å². The van der Waals surface area contributed by atoms with Crippen molar-refractivity contribution in [1.82, 2.24) is 9.62 Å². The van der Waals surface area contributed by atoms with Crippen molar-refractivity contribution >= 4 is 22.4 Å². The molecule has 0 radical (unpaired) electrons. The van der Waals surface area contributed by atoms with Gasteiger partial charge in [0.1, 0.15) is 5.75 Å². The topological polar surface area (TPSA) is 58.6 Å². The highest BCUT2D eigenvalue weighted by atomic mass is 35.5. The maximum Gasteiger partial charge on any atom is 0.240 e. The van der Waals surface area contributed by atoms with Gasteiger partial charge in [0.05, 0.1) is 11.5 Å².